The highest BCUT2D eigenvalue weighted by Gasteiger charge is 2.35. The number of anilines is 1. The number of nitrogens with two attached hydrogens (primary N) is 1. The molecule has 10 nitrogen and oxygen atoms in total. The second-order valence-corrected chi connectivity index (χ2v) is 15.9. The molecule has 15 heteroatoms. The molecule has 0 saturated carbocycles. The largest absolute Gasteiger partial charge is 0.416 e. The minimum absolute atomic E-state index is 0.106. The number of hydrogen-bond donors (Lipinski definition) is 3. The number of likely N-dealkylation sites (tertiary alicyclic amines) is 3. The van der Waals surface area contributed by atoms with Gasteiger partial charge in [-0.05, 0) is 132 Å². The third kappa shape index (κ3) is 8.85. The molecule has 0 radical (unpaired) electrons. The molecule has 276 valence electrons. The van der Waals surface area contributed by atoms with Crippen molar-refractivity contribution >= 4 is 49.5 Å². The van der Waals surface area contributed by atoms with E-state index in [9.17, 15) is 27.6 Å². The fourth-order valence-electron chi connectivity index (χ4n) is 7.78. The number of H-pyrrole nitrogens is 1. The van der Waals surface area contributed by atoms with E-state index in [0.717, 1.165) is 43.6 Å². The molecule has 0 bridgehead atoms. The lowest BCUT2D eigenvalue weighted by atomic mass is 9.79. The summed E-state index contributed by atoms with van der Waals surface area (Å²) in [4.78, 5) is 49.3. The predicted octanol–water partition coefficient (Wildman–Crippen LogP) is 6.51. The van der Waals surface area contributed by atoms with Gasteiger partial charge in [-0.15, -0.1) is 0 Å². The summed E-state index contributed by atoms with van der Waals surface area (Å²) in [6.07, 6.45) is 2.57. The van der Waals surface area contributed by atoms with Crippen molar-refractivity contribution < 1.29 is 22.8 Å². The summed E-state index contributed by atoms with van der Waals surface area (Å²) in [6, 6.07) is 7.18. The Labute approximate surface area is 312 Å². The number of carbonyl (C=O) groups excluding carboxylic acids is 2. The lowest BCUT2D eigenvalue weighted by Gasteiger charge is -2.40. The quantitative estimate of drug-likeness (QED) is 0.235. The molecule has 4 heterocycles. The first kappa shape index (κ1) is 37.5. The van der Waals surface area contributed by atoms with E-state index in [0.29, 0.717) is 71.2 Å². The first-order valence-electron chi connectivity index (χ1n) is 17.5. The molecule has 3 saturated heterocycles. The zero-order chi connectivity index (χ0) is 36.4. The Balaban J connectivity index is 1.10. The van der Waals surface area contributed by atoms with Crippen molar-refractivity contribution in [2.24, 2.45) is 11.8 Å². The SMILES string of the molecule is CN1CCC(C2CCN(C(=O)[C@H](Cc3cc(Br)c(N)c(Br)c3)NC(=O)N3CCC(n4cc(-c5cccc(C(F)(F)F)c5)[nH]c4=O)CC3)CC2)CC1. The van der Waals surface area contributed by atoms with Crippen LogP contribution in [0.4, 0.5) is 23.7 Å². The van der Waals surface area contributed by atoms with Gasteiger partial charge in [-0.1, -0.05) is 12.1 Å². The number of aromatic nitrogens is 2. The van der Waals surface area contributed by atoms with Crippen LogP contribution in [0.1, 0.15) is 55.7 Å². The molecule has 2 aromatic carbocycles. The molecule has 0 spiro atoms. The van der Waals surface area contributed by atoms with E-state index in [-0.39, 0.29) is 30.0 Å². The van der Waals surface area contributed by atoms with Crippen LogP contribution in [0.25, 0.3) is 11.3 Å². The van der Waals surface area contributed by atoms with Crippen LogP contribution >= 0.6 is 31.9 Å². The van der Waals surface area contributed by atoms with Crippen molar-refractivity contribution in [3.63, 3.8) is 0 Å². The Kier molecular flexibility index (Phi) is 11.6. The van der Waals surface area contributed by atoms with Gasteiger partial charge in [-0.25, -0.2) is 9.59 Å². The number of nitrogens with zero attached hydrogens (tertiary/aromatic N) is 4. The molecular weight excluding hydrogens is 795 g/mol. The van der Waals surface area contributed by atoms with Crippen molar-refractivity contribution in [2.75, 3.05) is 52.0 Å². The minimum atomic E-state index is -4.50. The number of carbonyl (C=O) groups is 2. The van der Waals surface area contributed by atoms with Crippen LogP contribution in [-0.2, 0) is 17.4 Å². The highest BCUT2D eigenvalue weighted by Crippen LogP contribution is 2.34. The second kappa shape index (κ2) is 15.7. The average Bonchev–Trinajstić information content (AvgIpc) is 3.51. The van der Waals surface area contributed by atoms with E-state index in [1.54, 1.807) is 11.1 Å². The van der Waals surface area contributed by atoms with Gasteiger partial charge in [-0.3, -0.25) is 9.36 Å². The molecule has 0 unspecified atom stereocenters. The molecule has 0 aliphatic carbocycles. The van der Waals surface area contributed by atoms with Crippen LogP contribution < -0.4 is 16.7 Å². The Morgan fingerprint density at radius 2 is 1.51 bits per heavy atom. The Morgan fingerprint density at radius 3 is 2.12 bits per heavy atom. The Hall–Kier alpha value is -3.30. The van der Waals surface area contributed by atoms with E-state index in [4.69, 9.17) is 5.73 Å². The molecule has 6 rings (SSSR count). The topological polar surface area (TPSA) is 120 Å². The lowest BCUT2D eigenvalue weighted by molar-refractivity contribution is -0.137. The summed E-state index contributed by atoms with van der Waals surface area (Å²) in [5.74, 6) is 1.19. The number of benzene rings is 2. The van der Waals surface area contributed by atoms with Gasteiger partial charge < -0.3 is 30.7 Å². The Bertz CT molecular complexity index is 1750. The monoisotopic (exact) mass is 837 g/mol. The normalized spacial score (nSPS) is 19.3. The fourth-order valence-corrected chi connectivity index (χ4v) is 9.06. The number of aromatic amines is 1. The number of urea groups is 1. The van der Waals surface area contributed by atoms with Crippen LogP contribution in [0.15, 0.2) is 56.3 Å². The van der Waals surface area contributed by atoms with Crippen LogP contribution in [-0.4, -0.2) is 88.5 Å². The minimum Gasteiger partial charge on any atom is -0.397 e. The van der Waals surface area contributed by atoms with Crippen molar-refractivity contribution in [2.45, 2.75) is 63.2 Å². The second-order valence-electron chi connectivity index (χ2n) is 14.2. The van der Waals surface area contributed by atoms with E-state index in [1.807, 2.05) is 17.0 Å². The first-order valence-corrected chi connectivity index (χ1v) is 19.1. The predicted molar refractivity (Wildman–Crippen MR) is 197 cm³/mol. The number of amides is 3. The van der Waals surface area contributed by atoms with Crippen molar-refractivity contribution in [3.05, 3.63) is 73.2 Å². The van der Waals surface area contributed by atoms with Gasteiger partial charge in [0, 0.05) is 59.3 Å². The summed E-state index contributed by atoms with van der Waals surface area (Å²) in [5, 5.41) is 3.04. The van der Waals surface area contributed by atoms with Crippen molar-refractivity contribution in [1.29, 1.82) is 0 Å². The molecule has 3 aliphatic rings. The van der Waals surface area contributed by atoms with Gasteiger partial charge in [0.2, 0.25) is 5.91 Å². The van der Waals surface area contributed by atoms with Crippen LogP contribution in [0.3, 0.4) is 0 Å². The lowest BCUT2D eigenvalue weighted by Crippen LogP contribution is -2.55. The van der Waals surface area contributed by atoms with E-state index < -0.39 is 23.5 Å². The van der Waals surface area contributed by atoms with Crippen molar-refractivity contribution in [1.82, 2.24) is 29.6 Å². The number of nitrogens with one attached hydrogen (secondary N) is 2. The fraction of sp³-hybridized carbons (Fsp3) is 0.528. The molecular formula is C36H44Br2F3N7O3. The van der Waals surface area contributed by atoms with E-state index in [1.165, 1.54) is 29.5 Å². The summed E-state index contributed by atoms with van der Waals surface area (Å²) in [5.41, 5.74) is 6.85. The zero-order valence-corrected chi connectivity index (χ0v) is 31.7. The molecule has 3 aromatic rings. The highest BCUT2D eigenvalue weighted by molar-refractivity contribution is 9.11. The zero-order valence-electron chi connectivity index (χ0n) is 28.5. The summed E-state index contributed by atoms with van der Waals surface area (Å²) >= 11 is 6.99. The molecule has 3 amide bonds. The number of halogens is 5. The number of piperidine rings is 3. The third-order valence-electron chi connectivity index (χ3n) is 10.8. The molecule has 51 heavy (non-hydrogen) atoms. The number of alkyl halides is 3. The standard InChI is InChI=1S/C36H44Br2F3N7O3/c1-45-11-5-23(6-12-45)24-7-13-46(14-8-24)33(49)30(19-22-17-28(37)32(42)29(38)18-22)43-34(50)47-15-9-27(10-16-47)48-21-31(44-35(48)51)25-3-2-4-26(20-25)36(39,40)41/h2-4,17-18,20-21,23-24,27,30H,5-16,19,42H2,1H3,(H,43,50)(H,44,51)/t30-/m0/s1. The smallest absolute Gasteiger partial charge is 0.397 e. The molecule has 3 fully saturated rings. The maximum atomic E-state index is 14.1. The summed E-state index contributed by atoms with van der Waals surface area (Å²) in [6.45, 7) is 4.24. The Morgan fingerprint density at radius 1 is 0.922 bits per heavy atom. The summed E-state index contributed by atoms with van der Waals surface area (Å²) in [7, 11) is 2.16. The van der Waals surface area contributed by atoms with Crippen LogP contribution in [0.5, 0.6) is 0 Å². The van der Waals surface area contributed by atoms with E-state index >= 15 is 0 Å². The molecule has 1 aromatic heterocycles. The van der Waals surface area contributed by atoms with Gasteiger partial charge in [-0.2, -0.15) is 13.2 Å². The van der Waals surface area contributed by atoms with Gasteiger partial charge in [0.25, 0.3) is 0 Å². The third-order valence-corrected chi connectivity index (χ3v) is 12.2. The van der Waals surface area contributed by atoms with Crippen LogP contribution in [0.2, 0.25) is 0 Å². The van der Waals surface area contributed by atoms with Gasteiger partial charge >= 0.3 is 17.9 Å². The highest BCUT2D eigenvalue weighted by atomic mass is 79.9. The molecule has 3 aliphatic heterocycles. The summed E-state index contributed by atoms with van der Waals surface area (Å²) < 4.78 is 42.7. The molecule has 1 atom stereocenters. The molecule has 4 N–H and O–H groups in total. The average molecular weight is 840 g/mol. The van der Waals surface area contributed by atoms with Gasteiger partial charge in [0.1, 0.15) is 6.04 Å². The maximum Gasteiger partial charge on any atom is 0.416 e. The van der Waals surface area contributed by atoms with Crippen molar-refractivity contribution in [3.8, 4) is 11.3 Å². The van der Waals surface area contributed by atoms with Gasteiger partial charge in [0.15, 0.2) is 0 Å². The van der Waals surface area contributed by atoms with E-state index in [2.05, 4.69) is 54.1 Å². The number of rotatable bonds is 7. The first-order chi connectivity index (χ1) is 24.3. The number of hydrogen-bond acceptors (Lipinski definition) is 5. The maximum absolute atomic E-state index is 14.1. The number of imidazole rings is 1. The van der Waals surface area contributed by atoms with Crippen LogP contribution in [0, 0.1) is 11.8 Å². The van der Waals surface area contributed by atoms with Gasteiger partial charge in [0.05, 0.1) is 16.9 Å². The number of nitrogen functional groups attached to an aromatic ring is 1.